The van der Waals surface area contributed by atoms with Crippen molar-refractivity contribution in [1.29, 1.82) is 0 Å². The summed E-state index contributed by atoms with van der Waals surface area (Å²) in [5, 5.41) is -0.239. The normalized spacial score (nSPS) is 16.0. The Balaban J connectivity index is 0.00000225. The summed E-state index contributed by atoms with van der Waals surface area (Å²) in [7, 11) is 0. The van der Waals surface area contributed by atoms with Crippen LogP contribution >= 0.6 is 24.2 Å². The fourth-order valence-corrected chi connectivity index (χ4v) is 4.26. The highest BCUT2D eigenvalue weighted by Crippen LogP contribution is 2.32. The van der Waals surface area contributed by atoms with Crippen molar-refractivity contribution in [1.82, 2.24) is 4.90 Å². The molecule has 2 aromatic rings. The number of hydrogen-bond acceptors (Lipinski definition) is 5. The Hall–Kier alpha value is -2.51. The molecular formula is C20H20ClN3O3S. The molecule has 1 saturated heterocycles. The van der Waals surface area contributed by atoms with E-state index < -0.39 is 0 Å². The number of nitrogens with two attached hydrogens (primary N) is 1. The van der Waals surface area contributed by atoms with E-state index in [9.17, 15) is 14.4 Å². The fourth-order valence-electron chi connectivity index (χ4n) is 3.54. The molecule has 28 heavy (non-hydrogen) atoms. The fraction of sp³-hybridized carbons (Fsp3) is 0.250. The van der Waals surface area contributed by atoms with E-state index in [1.807, 2.05) is 24.3 Å². The zero-order valence-electron chi connectivity index (χ0n) is 15.1. The number of imide groups is 1. The summed E-state index contributed by atoms with van der Waals surface area (Å²) in [5.74, 6) is -0.109. The number of benzene rings is 2. The first kappa shape index (κ1) is 20.2. The molecule has 1 fully saturated rings. The first-order chi connectivity index (χ1) is 13.0. The average Bonchev–Trinajstić information content (AvgIpc) is 3.00. The minimum absolute atomic E-state index is 0. The van der Waals surface area contributed by atoms with Gasteiger partial charge in [0.2, 0.25) is 5.91 Å². The van der Waals surface area contributed by atoms with Gasteiger partial charge in [-0.3, -0.25) is 19.3 Å². The Kier molecular flexibility index (Phi) is 5.96. The number of thioether (sulfide) groups is 1. The smallest absolute Gasteiger partial charge is 0.289 e. The molecule has 0 spiro atoms. The third-order valence-corrected chi connectivity index (χ3v) is 5.75. The lowest BCUT2D eigenvalue weighted by atomic mass is 9.98. The van der Waals surface area contributed by atoms with Crippen LogP contribution in [0.1, 0.15) is 27.9 Å². The molecule has 2 N–H and O–H groups in total. The molecule has 2 aromatic carbocycles. The molecule has 2 aliphatic heterocycles. The number of nitrogen functional groups attached to an aromatic ring is 1. The number of fused-ring (bicyclic) bond motifs is 1. The van der Waals surface area contributed by atoms with Crippen molar-refractivity contribution in [2.24, 2.45) is 0 Å². The minimum atomic E-state index is -0.239. The highest BCUT2D eigenvalue weighted by atomic mass is 35.5. The van der Waals surface area contributed by atoms with Gasteiger partial charge in [-0.05, 0) is 48.2 Å². The lowest BCUT2D eigenvalue weighted by Gasteiger charge is -2.30. The van der Waals surface area contributed by atoms with Gasteiger partial charge in [-0.15, -0.1) is 12.4 Å². The first-order valence-electron chi connectivity index (χ1n) is 8.80. The van der Waals surface area contributed by atoms with Gasteiger partial charge in [0.05, 0.1) is 12.3 Å². The van der Waals surface area contributed by atoms with Gasteiger partial charge < -0.3 is 10.6 Å². The molecule has 4 rings (SSSR count). The van der Waals surface area contributed by atoms with Gasteiger partial charge in [0.1, 0.15) is 0 Å². The second-order valence-electron chi connectivity index (χ2n) is 6.64. The van der Waals surface area contributed by atoms with Crippen molar-refractivity contribution in [2.45, 2.75) is 19.4 Å². The lowest BCUT2D eigenvalue weighted by Crippen LogP contribution is -2.36. The molecule has 0 saturated carbocycles. The number of carbonyl (C=O) groups is 3. The van der Waals surface area contributed by atoms with E-state index in [0.717, 1.165) is 41.4 Å². The molecule has 0 atom stereocenters. The topological polar surface area (TPSA) is 83.7 Å². The van der Waals surface area contributed by atoms with Crippen LogP contribution in [0, 0.1) is 0 Å². The third kappa shape index (κ3) is 3.72. The monoisotopic (exact) mass is 417 g/mol. The Morgan fingerprint density at radius 1 is 1.14 bits per heavy atom. The predicted octanol–water partition coefficient (Wildman–Crippen LogP) is 3.48. The van der Waals surface area contributed by atoms with Gasteiger partial charge in [0.25, 0.3) is 11.1 Å². The van der Waals surface area contributed by atoms with Crippen LogP contribution in [0.15, 0.2) is 42.5 Å². The van der Waals surface area contributed by atoms with Crippen LogP contribution < -0.4 is 10.6 Å². The molecule has 0 unspecified atom stereocenters. The predicted molar refractivity (Wildman–Crippen MR) is 113 cm³/mol. The van der Waals surface area contributed by atoms with Crippen LogP contribution in [0.25, 0.3) is 0 Å². The standard InChI is InChI=1S/C20H19N3O3S.ClH/c21-16-7-2-8-17-15(16)6-3-9-22(17)19(25)14-5-1-4-13(10-14)11-23-18(24)12-27-20(23)26;/h1-2,4-5,7-8,10H,3,6,9,11-12,21H2;1H. The average molecular weight is 418 g/mol. The van der Waals surface area contributed by atoms with E-state index in [4.69, 9.17) is 5.73 Å². The van der Waals surface area contributed by atoms with Gasteiger partial charge in [-0.1, -0.05) is 30.0 Å². The van der Waals surface area contributed by atoms with Crippen LogP contribution in [-0.2, 0) is 17.8 Å². The number of nitrogens with zero attached hydrogens (tertiary/aromatic N) is 2. The number of halogens is 1. The highest BCUT2D eigenvalue weighted by Gasteiger charge is 2.30. The molecule has 8 heteroatoms. The zero-order valence-corrected chi connectivity index (χ0v) is 16.7. The van der Waals surface area contributed by atoms with E-state index in [2.05, 4.69) is 0 Å². The quantitative estimate of drug-likeness (QED) is 0.773. The second-order valence-corrected chi connectivity index (χ2v) is 7.57. The number of anilines is 2. The van der Waals surface area contributed by atoms with Crippen LogP contribution in [0.2, 0.25) is 0 Å². The van der Waals surface area contributed by atoms with Crippen LogP contribution in [0.5, 0.6) is 0 Å². The van der Waals surface area contributed by atoms with Crippen molar-refractivity contribution in [3.63, 3.8) is 0 Å². The second kappa shape index (κ2) is 8.24. The van der Waals surface area contributed by atoms with Gasteiger partial charge in [-0.25, -0.2) is 0 Å². The molecule has 0 bridgehead atoms. The van der Waals surface area contributed by atoms with E-state index in [-0.39, 0.29) is 41.8 Å². The van der Waals surface area contributed by atoms with Gasteiger partial charge in [-0.2, -0.15) is 0 Å². The maximum atomic E-state index is 13.1. The lowest BCUT2D eigenvalue weighted by molar-refractivity contribution is -0.125. The Morgan fingerprint density at radius 3 is 2.68 bits per heavy atom. The van der Waals surface area contributed by atoms with Crippen molar-refractivity contribution in [3.05, 3.63) is 59.2 Å². The van der Waals surface area contributed by atoms with Crippen LogP contribution in [-0.4, -0.2) is 34.3 Å². The molecule has 0 aromatic heterocycles. The van der Waals surface area contributed by atoms with E-state index in [1.165, 1.54) is 4.90 Å². The molecule has 0 aliphatic carbocycles. The van der Waals surface area contributed by atoms with E-state index >= 15 is 0 Å². The van der Waals surface area contributed by atoms with Crippen molar-refractivity contribution in [3.8, 4) is 0 Å². The molecule has 2 aliphatic rings. The number of rotatable bonds is 3. The summed E-state index contributed by atoms with van der Waals surface area (Å²) < 4.78 is 0. The van der Waals surface area contributed by atoms with E-state index in [0.29, 0.717) is 17.8 Å². The van der Waals surface area contributed by atoms with Gasteiger partial charge >= 0.3 is 0 Å². The number of hydrogen-bond donors (Lipinski definition) is 1. The number of carbonyl (C=O) groups excluding carboxylic acids is 3. The summed E-state index contributed by atoms with van der Waals surface area (Å²) in [6, 6.07) is 12.8. The van der Waals surface area contributed by atoms with Gasteiger partial charge in [0.15, 0.2) is 0 Å². The van der Waals surface area contributed by atoms with Crippen LogP contribution in [0.4, 0.5) is 16.2 Å². The summed E-state index contributed by atoms with van der Waals surface area (Å²) in [4.78, 5) is 39.7. The van der Waals surface area contributed by atoms with E-state index in [1.54, 1.807) is 23.1 Å². The Morgan fingerprint density at radius 2 is 1.93 bits per heavy atom. The van der Waals surface area contributed by atoms with Crippen molar-refractivity contribution < 1.29 is 14.4 Å². The SMILES string of the molecule is Cl.Nc1cccc2c1CCCN2C(=O)c1cccc(CN2C(=O)CSC2=O)c1. The van der Waals surface area contributed by atoms with Gasteiger partial charge in [0, 0.05) is 23.5 Å². The summed E-state index contributed by atoms with van der Waals surface area (Å²) in [6.45, 7) is 0.828. The highest BCUT2D eigenvalue weighted by molar-refractivity contribution is 8.14. The summed E-state index contributed by atoms with van der Waals surface area (Å²) in [5.41, 5.74) is 9.95. The molecule has 146 valence electrons. The maximum Gasteiger partial charge on any atom is 0.289 e. The molecular weight excluding hydrogens is 398 g/mol. The molecule has 3 amide bonds. The zero-order chi connectivity index (χ0) is 19.0. The Labute approximate surface area is 173 Å². The summed E-state index contributed by atoms with van der Waals surface area (Å²) in [6.07, 6.45) is 1.73. The van der Waals surface area contributed by atoms with Crippen LogP contribution in [0.3, 0.4) is 0 Å². The minimum Gasteiger partial charge on any atom is -0.398 e. The maximum absolute atomic E-state index is 13.1. The largest absolute Gasteiger partial charge is 0.398 e. The van der Waals surface area contributed by atoms with Crippen molar-refractivity contribution >= 4 is 52.6 Å². The molecule has 6 nitrogen and oxygen atoms in total. The number of amides is 3. The summed E-state index contributed by atoms with van der Waals surface area (Å²) >= 11 is 1.01. The molecule has 0 radical (unpaired) electrons. The Bertz CT molecular complexity index is 934. The van der Waals surface area contributed by atoms with Crippen molar-refractivity contribution in [2.75, 3.05) is 22.9 Å². The first-order valence-corrected chi connectivity index (χ1v) is 9.78. The molecule has 2 heterocycles. The third-order valence-electron chi connectivity index (χ3n) is 4.89.